The molecule has 0 heterocycles. The molecule has 2 N–H and O–H groups in total. The van der Waals surface area contributed by atoms with Crippen LogP contribution in [0.3, 0.4) is 0 Å². The minimum absolute atomic E-state index is 0.282. The third-order valence-corrected chi connectivity index (χ3v) is 3.32. The van der Waals surface area contributed by atoms with E-state index < -0.39 is 5.91 Å². The third kappa shape index (κ3) is 5.72. The molecule has 0 aromatic heterocycles. The number of methoxy groups -OCH3 is 1. The lowest BCUT2D eigenvalue weighted by Gasteiger charge is -2.07. The topological polar surface area (TPSA) is 67.4 Å². The summed E-state index contributed by atoms with van der Waals surface area (Å²) in [7, 11) is 1.60. The number of hydrogen-bond acceptors (Lipinski definition) is 3. The van der Waals surface area contributed by atoms with Crippen LogP contribution in [0.2, 0.25) is 0 Å². The zero-order valence-electron chi connectivity index (χ0n) is 13.3. The predicted molar refractivity (Wildman–Crippen MR) is 89.4 cm³/mol. The Bertz CT molecular complexity index is 702. The molecule has 0 aliphatic rings. The second kappa shape index (κ2) is 8.67. The summed E-state index contributed by atoms with van der Waals surface area (Å²) in [4.78, 5) is 23.5. The molecule has 0 saturated heterocycles. The van der Waals surface area contributed by atoms with Gasteiger partial charge in [0.2, 0.25) is 11.8 Å². The van der Waals surface area contributed by atoms with E-state index in [1.807, 2.05) is 24.3 Å². The van der Waals surface area contributed by atoms with E-state index in [9.17, 15) is 14.0 Å². The van der Waals surface area contributed by atoms with Crippen molar-refractivity contribution in [1.82, 2.24) is 5.32 Å². The Morgan fingerprint density at radius 2 is 1.83 bits per heavy atom. The van der Waals surface area contributed by atoms with Crippen LogP contribution < -0.4 is 15.4 Å². The predicted octanol–water partition coefficient (Wildman–Crippen LogP) is 2.52. The Morgan fingerprint density at radius 1 is 1.08 bits per heavy atom. The van der Waals surface area contributed by atoms with Crippen molar-refractivity contribution in [3.05, 3.63) is 59.9 Å². The summed E-state index contributed by atoms with van der Waals surface area (Å²) >= 11 is 0. The molecule has 2 aromatic rings. The molecule has 5 nitrogen and oxygen atoms in total. The van der Waals surface area contributed by atoms with E-state index in [0.29, 0.717) is 18.7 Å². The second-order valence-electron chi connectivity index (χ2n) is 5.18. The standard InChI is InChI=1S/C18H19FN2O3/c1-24-16-4-2-3-13(11-16)9-10-20-17(22)12-18(23)21-15-7-5-14(19)6-8-15/h2-8,11H,9-10,12H2,1H3,(H,20,22)(H,21,23). The van der Waals surface area contributed by atoms with Gasteiger partial charge in [0.05, 0.1) is 7.11 Å². The number of benzene rings is 2. The van der Waals surface area contributed by atoms with Gasteiger partial charge in [0.15, 0.2) is 0 Å². The van der Waals surface area contributed by atoms with Crippen LogP contribution in [0.4, 0.5) is 10.1 Å². The van der Waals surface area contributed by atoms with E-state index in [1.54, 1.807) is 7.11 Å². The quantitative estimate of drug-likeness (QED) is 0.767. The fraction of sp³-hybridized carbons (Fsp3) is 0.222. The molecule has 0 bridgehead atoms. The smallest absolute Gasteiger partial charge is 0.233 e. The number of nitrogens with one attached hydrogen (secondary N) is 2. The number of anilines is 1. The lowest BCUT2D eigenvalue weighted by atomic mass is 10.1. The molecule has 24 heavy (non-hydrogen) atoms. The largest absolute Gasteiger partial charge is 0.497 e. The summed E-state index contributed by atoms with van der Waals surface area (Å²) in [6.07, 6.45) is 0.359. The van der Waals surface area contributed by atoms with Gasteiger partial charge < -0.3 is 15.4 Å². The fourth-order valence-electron chi connectivity index (χ4n) is 2.12. The number of amides is 2. The van der Waals surface area contributed by atoms with Crippen molar-refractivity contribution >= 4 is 17.5 Å². The summed E-state index contributed by atoms with van der Waals surface area (Å²) in [5.74, 6) is -0.432. The molecule has 126 valence electrons. The molecule has 0 spiro atoms. The van der Waals surface area contributed by atoms with Crippen molar-refractivity contribution in [2.24, 2.45) is 0 Å². The molecule has 0 aliphatic heterocycles. The van der Waals surface area contributed by atoms with Gasteiger partial charge in [0.1, 0.15) is 18.0 Å². The molecule has 6 heteroatoms. The number of rotatable bonds is 7. The van der Waals surface area contributed by atoms with Crippen molar-refractivity contribution in [3.63, 3.8) is 0 Å². The van der Waals surface area contributed by atoms with Crippen LogP contribution in [0.25, 0.3) is 0 Å². The summed E-state index contributed by atoms with van der Waals surface area (Å²) in [6.45, 7) is 0.426. The van der Waals surface area contributed by atoms with Crippen molar-refractivity contribution in [3.8, 4) is 5.75 Å². The SMILES string of the molecule is COc1cccc(CCNC(=O)CC(=O)Nc2ccc(F)cc2)c1. The lowest BCUT2D eigenvalue weighted by Crippen LogP contribution is -2.29. The first-order valence-corrected chi connectivity index (χ1v) is 7.52. The zero-order chi connectivity index (χ0) is 17.4. The maximum atomic E-state index is 12.8. The minimum Gasteiger partial charge on any atom is -0.497 e. The Hall–Kier alpha value is -2.89. The maximum absolute atomic E-state index is 12.8. The van der Waals surface area contributed by atoms with Crippen molar-refractivity contribution < 1.29 is 18.7 Å². The summed E-state index contributed by atoms with van der Waals surface area (Å²) in [5.41, 5.74) is 1.48. The van der Waals surface area contributed by atoms with E-state index in [4.69, 9.17) is 4.74 Å². The normalized spacial score (nSPS) is 10.1. The van der Waals surface area contributed by atoms with Gasteiger partial charge in [-0.2, -0.15) is 0 Å². The second-order valence-corrected chi connectivity index (χ2v) is 5.18. The monoisotopic (exact) mass is 330 g/mol. The Kier molecular flexibility index (Phi) is 6.31. The average Bonchev–Trinajstić information content (AvgIpc) is 2.57. The van der Waals surface area contributed by atoms with Crippen molar-refractivity contribution in [2.45, 2.75) is 12.8 Å². The Morgan fingerprint density at radius 3 is 2.54 bits per heavy atom. The zero-order valence-corrected chi connectivity index (χ0v) is 13.3. The number of halogens is 1. The molecular weight excluding hydrogens is 311 g/mol. The summed E-state index contributed by atoms with van der Waals surface area (Å²) in [6, 6.07) is 12.9. The van der Waals surface area contributed by atoms with E-state index in [-0.39, 0.29) is 18.1 Å². The van der Waals surface area contributed by atoms with Gasteiger partial charge >= 0.3 is 0 Å². The number of ether oxygens (including phenoxy) is 1. The average molecular weight is 330 g/mol. The van der Waals surface area contributed by atoms with Crippen LogP contribution in [0, 0.1) is 5.82 Å². The van der Waals surface area contributed by atoms with Gasteiger partial charge in [0, 0.05) is 12.2 Å². The van der Waals surface area contributed by atoms with Gasteiger partial charge in [-0.3, -0.25) is 9.59 Å². The molecule has 2 aromatic carbocycles. The van der Waals surface area contributed by atoms with E-state index in [1.165, 1.54) is 24.3 Å². The van der Waals surface area contributed by atoms with Crippen LogP contribution in [-0.2, 0) is 16.0 Å². The summed E-state index contributed by atoms with van der Waals surface area (Å²) < 4.78 is 17.9. The minimum atomic E-state index is -0.444. The van der Waals surface area contributed by atoms with Crippen LogP contribution >= 0.6 is 0 Å². The molecule has 0 atom stereocenters. The van der Waals surface area contributed by atoms with E-state index in [0.717, 1.165) is 11.3 Å². The van der Waals surface area contributed by atoms with Gasteiger partial charge in [-0.1, -0.05) is 12.1 Å². The van der Waals surface area contributed by atoms with E-state index >= 15 is 0 Å². The molecule has 2 rings (SSSR count). The molecular formula is C18H19FN2O3. The number of hydrogen-bond donors (Lipinski definition) is 2. The molecule has 0 aliphatic carbocycles. The Labute approximate surface area is 139 Å². The van der Waals surface area contributed by atoms with Crippen LogP contribution in [0.15, 0.2) is 48.5 Å². The first-order chi connectivity index (χ1) is 11.6. The van der Waals surface area contributed by atoms with Crippen molar-refractivity contribution in [2.75, 3.05) is 19.0 Å². The fourth-order valence-corrected chi connectivity index (χ4v) is 2.12. The first-order valence-electron chi connectivity index (χ1n) is 7.52. The highest BCUT2D eigenvalue weighted by atomic mass is 19.1. The first kappa shape index (κ1) is 17.5. The van der Waals surface area contributed by atoms with Gasteiger partial charge in [0.25, 0.3) is 0 Å². The molecule has 2 amide bonds. The van der Waals surface area contributed by atoms with E-state index in [2.05, 4.69) is 10.6 Å². The molecule has 0 unspecified atom stereocenters. The number of carbonyl (C=O) groups excluding carboxylic acids is 2. The van der Waals surface area contributed by atoms with Crippen LogP contribution in [0.5, 0.6) is 5.75 Å². The Balaban J connectivity index is 1.72. The van der Waals surface area contributed by atoms with Crippen LogP contribution in [0.1, 0.15) is 12.0 Å². The van der Waals surface area contributed by atoms with Gasteiger partial charge in [-0.05, 0) is 48.4 Å². The highest BCUT2D eigenvalue weighted by Gasteiger charge is 2.09. The van der Waals surface area contributed by atoms with Gasteiger partial charge in [-0.15, -0.1) is 0 Å². The highest BCUT2D eigenvalue weighted by Crippen LogP contribution is 2.12. The molecule has 0 fully saturated rings. The molecule has 0 radical (unpaired) electrons. The summed E-state index contributed by atoms with van der Waals surface area (Å²) in [5, 5.41) is 5.23. The number of carbonyl (C=O) groups is 2. The van der Waals surface area contributed by atoms with Gasteiger partial charge in [-0.25, -0.2) is 4.39 Å². The third-order valence-electron chi connectivity index (χ3n) is 3.32. The molecule has 0 saturated carbocycles. The van der Waals surface area contributed by atoms with Crippen molar-refractivity contribution in [1.29, 1.82) is 0 Å². The lowest BCUT2D eigenvalue weighted by molar-refractivity contribution is -0.126. The highest BCUT2D eigenvalue weighted by molar-refractivity contribution is 6.03. The maximum Gasteiger partial charge on any atom is 0.233 e. The van der Waals surface area contributed by atoms with Crippen LogP contribution in [-0.4, -0.2) is 25.5 Å².